The Kier molecular flexibility index (Phi) is 2.83. The molecule has 0 radical (unpaired) electrons. The van der Waals surface area contributed by atoms with E-state index in [1.165, 1.54) is 0 Å². The molecule has 5 heteroatoms. The fraction of sp³-hybridized carbons (Fsp3) is 0.417. The van der Waals surface area contributed by atoms with Gasteiger partial charge in [-0.2, -0.15) is 0 Å². The molecule has 1 aliphatic heterocycles. The maximum Gasteiger partial charge on any atom is 0.156 e. The van der Waals surface area contributed by atoms with Gasteiger partial charge in [0.05, 0.1) is 18.1 Å². The Morgan fingerprint density at radius 3 is 2.71 bits per heavy atom. The standard InChI is InChI=1S/C12H15N5/c1-3-13-4-2-10(1)11-7-16-12(8-15-11)17-6-5-14-9-17/h5-10,13H,1-4H2. The normalized spacial score (nSPS) is 17.2. The molecular weight excluding hydrogens is 214 g/mol. The van der Waals surface area contributed by atoms with Gasteiger partial charge in [0.1, 0.15) is 6.33 Å². The summed E-state index contributed by atoms with van der Waals surface area (Å²) in [7, 11) is 0. The average Bonchev–Trinajstić information content (AvgIpc) is 2.94. The van der Waals surface area contributed by atoms with Crippen molar-refractivity contribution < 1.29 is 0 Å². The van der Waals surface area contributed by atoms with E-state index in [0.717, 1.165) is 37.4 Å². The predicted molar refractivity (Wildman–Crippen MR) is 64.0 cm³/mol. The van der Waals surface area contributed by atoms with E-state index in [4.69, 9.17) is 0 Å². The Morgan fingerprint density at radius 2 is 2.06 bits per heavy atom. The first-order chi connectivity index (χ1) is 8.43. The lowest BCUT2D eigenvalue weighted by molar-refractivity contribution is 0.452. The molecule has 0 aliphatic carbocycles. The Labute approximate surface area is 99.9 Å². The van der Waals surface area contributed by atoms with Crippen molar-refractivity contribution in [2.45, 2.75) is 18.8 Å². The minimum atomic E-state index is 0.556. The third kappa shape index (κ3) is 2.19. The second kappa shape index (κ2) is 4.63. The van der Waals surface area contributed by atoms with Gasteiger partial charge in [-0.3, -0.25) is 9.55 Å². The highest BCUT2D eigenvalue weighted by Crippen LogP contribution is 2.22. The van der Waals surface area contributed by atoms with Crippen molar-refractivity contribution in [3.05, 3.63) is 36.8 Å². The Bertz CT molecular complexity index is 456. The van der Waals surface area contributed by atoms with Crippen LogP contribution in [0.3, 0.4) is 0 Å². The quantitative estimate of drug-likeness (QED) is 0.838. The summed E-state index contributed by atoms with van der Waals surface area (Å²) >= 11 is 0. The van der Waals surface area contributed by atoms with Crippen molar-refractivity contribution in [2.24, 2.45) is 0 Å². The van der Waals surface area contributed by atoms with Crippen molar-refractivity contribution in [1.29, 1.82) is 0 Å². The molecular formula is C12H15N5. The lowest BCUT2D eigenvalue weighted by atomic mass is 9.95. The summed E-state index contributed by atoms with van der Waals surface area (Å²) in [6.07, 6.45) is 11.4. The summed E-state index contributed by atoms with van der Waals surface area (Å²) in [6.45, 7) is 2.16. The van der Waals surface area contributed by atoms with Gasteiger partial charge in [0.25, 0.3) is 0 Å². The van der Waals surface area contributed by atoms with E-state index < -0.39 is 0 Å². The lowest BCUT2D eigenvalue weighted by Crippen LogP contribution is -2.27. The highest BCUT2D eigenvalue weighted by Gasteiger charge is 2.16. The summed E-state index contributed by atoms with van der Waals surface area (Å²) in [4.78, 5) is 13.0. The maximum atomic E-state index is 4.52. The van der Waals surface area contributed by atoms with E-state index >= 15 is 0 Å². The van der Waals surface area contributed by atoms with Crippen LogP contribution in [-0.2, 0) is 0 Å². The van der Waals surface area contributed by atoms with Gasteiger partial charge in [-0.1, -0.05) is 0 Å². The number of nitrogens with one attached hydrogen (secondary N) is 1. The molecule has 0 spiro atoms. The SMILES string of the molecule is c1cn(-c2cnc(C3CCNCC3)cn2)cn1. The highest BCUT2D eigenvalue weighted by atomic mass is 15.1. The van der Waals surface area contributed by atoms with Gasteiger partial charge < -0.3 is 5.32 Å². The zero-order chi connectivity index (χ0) is 11.5. The van der Waals surface area contributed by atoms with Crippen molar-refractivity contribution in [2.75, 3.05) is 13.1 Å². The largest absolute Gasteiger partial charge is 0.317 e. The number of piperidine rings is 1. The van der Waals surface area contributed by atoms with E-state index in [9.17, 15) is 0 Å². The number of nitrogens with zero attached hydrogens (tertiary/aromatic N) is 4. The number of hydrogen-bond acceptors (Lipinski definition) is 4. The van der Waals surface area contributed by atoms with Crippen LogP contribution in [0.25, 0.3) is 5.82 Å². The van der Waals surface area contributed by atoms with Crippen LogP contribution >= 0.6 is 0 Å². The van der Waals surface area contributed by atoms with Gasteiger partial charge >= 0.3 is 0 Å². The third-order valence-electron chi connectivity index (χ3n) is 3.18. The summed E-state index contributed by atoms with van der Waals surface area (Å²) in [5.41, 5.74) is 1.11. The van der Waals surface area contributed by atoms with Crippen LogP contribution in [-0.4, -0.2) is 32.6 Å². The number of imidazole rings is 1. The smallest absolute Gasteiger partial charge is 0.156 e. The van der Waals surface area contributed by atoms with Gasteiger partial charge in [-0.05, 0) is 25.9 Å². The van der Waals surface area contributed by atoms with Crippen LogP contribution in [0.2, 0.25) is 0 Å². The minimum absolute atomic E-state index is 0.556. The van der Waals surface area contributed by atoms with Gasteiger partial charge in [-0.15, -0.1) is 0 Å². The molecule has 0 saturated carbocycles. The van der Waals surface area contributed by atoms with Crippen molar-refractivity contribution in [1.82, 2.24) is 24.8 Å². The first-order valence-corrected chi connectivity index (χ1v) is 5.94. The fourth-order valence-corrected chi connectivity index (χ4v) is 2.19. The summed E-state index contributed by atoms with van der Waals surface area (Å²) < 4.78 is 1.86. The van der Waals surface area contributed by atoms with Crippen LogP contribution in [0.1, 0.15) is 24.5 Å². The Hall–Kier alpha value is -1.75. The maximum absolute atomic E-state index is 4.52. The first-order valence-electron chi connectivity index (χ1n) is 5.94. The van der Waals surface area contributed by atoms with Crippen molar-refractivity contribution in [3.63, 3.8) is 0 Å². The second-order valence-electron chi connectivity index (χ2n) is 4.29. The molecule has 1 N–H and O–H groups in total. The van der Waals surface area contributed by atoms with E-state index in [2.05, 4.69) is 20.3 Å². The molecule has 3 rings (SSSR count). The third-order valence-corrected chi connectivity index (χ3v) is 3.18. The van der Waals surface area contributed by atoms with Crippen LogP contribution in [0.15, 0.2) is 31.1 Å². The zero-order valence-electron chi connectivity index (χ0n) is 9.58. The van der Waals surface area contributed by atoms with Gasteiger partial charge in [0.15, 0.2) is 5.82 Å². The van der Waals surface area contributed by atoms with Gasteiger partial charge in [0, 0.05) is 18.3 Å². The van der Waals surface area contributed by atoms with Crippen LogP contribution < -0.4 is 5.32 Å². The molecule has 1 fully saturated rings. The zero-order valence-corrected chi connectivity index (χ0v) is 9.58. The topological polar surface area (TPSA) is 55.6 Å². The van der Waals surface area contributed by atoms with Crippen LogP contribution in [0.4, 0.5) is 0 Å². The van der Waals surface area contributed by atoms with E-state index in [1.807, 2.05) is 23.2 Å². The minimum Gasteiger partial charge on any atom is -0.317 e. The molecule has 0 amide bonds. The molecule has 0 unspecified atom stereocenters. The Balaban J connectivity index is 1.80. The fourth-order valence-electron chi connectivity index (χ4n) is 2.19. The molecule has 5 nitrogen and oxygen atoms in total. The molecule has 1 saturated heterocycles. The molecule has 88 valence electrons. The average molecular weight is 229 g/mol. The monoisotopic (exact) mass is 229 g/mol. The first kappa shape index (κ1) is 10.4. The lowest BCUT2D eigenvalue weighted by Gasteiger charge is -2.21. The molecule has 0 bridgehead atoms. The van der Waals surface area contributed by atoms with Crippen LogP contribution in [0.5, 0.6) is 0 Å². The molecule has 1 aliphatic rings. The molecule has 2 aromatic heterocycles. The second-order valence-corrected chi connectivity index (χ2v) is 4.29. The van der Waals surface area contributed by atoms with Gasteiger partial charge in [0.2, 0.25) is 0 Å². The van der Waals surface area contributed by atoms with Crippen molar-refractivity contribution in [3.8, 4) is 5.82 Å². The van der Waals surface area contributed by atoms with E-state index in [-0.39, 0.29) is 0 Å². The van der Waals surface area contributed by atoms with Crippen LogP contribution in [0, 0.1) is 0 Å². The number of rotatable bonds is 2. The van der Waals surface area contributed by atoms with Gasteiger partial charge in [-0.25, -0.2) is 9.97 Å². The summed E-state index contributed by atoms with van der Waals surface area (Å²) in [5.74, 6) is 1.38. The van der Waals surface area contributed by atoms with E-state index in [0.29, 0.717) is 5.92 Å². The number of aromatic nitrogens is 4. The predicted octanol–water partition coefficient (Wildman–Crippen LogP) is 1.13. The summed E-state index contributed by atoms with van der Waals surface area (Å²) in [6, 6.07) is 0. The van der Waals surface area contributed by atoms with Crippen molar-refractivity contribution >= 4 is 0 Å². The number of hydrogen-bond donors (Lipinski definition) is 1. The Morgan fingerprint density at radius 1 is 1.18 bits per heavy atom. The molecule has 17 heavy (non-hydrogen) atoms. The molecule has 0 atom stereocenters. The molecule has 2 aromatic rings. The van der Waals surface area contributed by atoms with E-state index in [1.54, 1.807) is 12.5 Å². The molecule has 0 aromatic carbocycles. The molecule has 3 heterocycles. The summed E-state index contributed by atoms with van der Waals surface area (Å²) in [5, 5.41) is 3.36. The highest BCUT2D eigenvalue weighted by molar-refractivity contribution is 5.20.